The average Bonchev–Trinajstić information content (AvgIpc) is 2.45. The first-order valence-corrected chi connectivity index (χ1v) is 7.14. The number of halogens is 3. The van der Waals surface area contributed by atoms with Crippen molar-refractivity contribution in [2.45, 2.75) is 32.5 Å². The molecule has 0 atom stereocenters. The van der Waals surface area contributed by atoms with Crippen molar-refractivity contribution in [3.8, 4) is 0 Å². The fourth-order valence-corrected chi connectivity index (χ4v) is 1.88. The zero-order valence-electron chi connectivity index (χ0n) is 13.4. The van der Waals surface area contributed by atoms with E-state index in [4.69, 9.17) is 0 Å². The van der Waals surface area contributed by atoms with Gasteiger partial charge in [0.15, 0.2) is 0 Å². The van der Waals surface area contributed by atoms with Crippen LogP contribution in [0.25, 0.3) is 0 Å². The van der Waals surface area contributed by atoms with Crippen LogP contribution in [0.5, 0.6) is 0 Å². The van der Waals surface area contributed by atoms with E-state index in [9.17, 15) is 18.0 Å². The van der Waals surface area contributed by atoms with Crippen LogP contribution in [0, 0.1) is 0 Å². The van der Waals surface area contributed by atoms with Gasteiger partial charge in [0.2, 0.25) is 5.95 Å². The molecule has 0 unspecified atom stereocenters. The fraction of sp³-hybridized carbons (Fsp3) is 0.312. The highest BCUT2D eigenvalue weighted by molar-refractivity contribution is 5.94. The summed E-state index contributed by atoms with van der Waals surface area (Å²) in [7, 11) is 0. The second-order valence-corrected chi connectivity index (χ2v) is 6.17. The number of amides is 1. The standard InChI is InChI=1S/C16H17F3N4O/c1-15(2,3)23-13(24)10-8-20-14(21-9-10)22-12-7-5-4-6-11(12)16(17,18)19/h4-9H,1-3H3,(H,23,24)(H,20,21,22). The lowest BCUT2D eigenvalue weighted by molar-refractivity contribution is -0.136. The van der Waals surface area contributed by atoms with Crippen LogP contribution < -0.4 is 10.6 Å². The maximum absolute atomic E-state index is 12.9. The van der Waals surface area contributed by atoms with Gasteiger partial charge in [-0.25, -0.2) is 9.97 Å². The number of nitrogens with zero attached hydrogens (tertiary/aromatic N) is 2. The number of carbonyl (C=O) groups is 1. The minimum absolute atomic E-state index is 0.0287. The molecule has 1 amide bonds. The molecule has 0 saturated carbocycles. The van der Waals surface area contributed by atoms with Crippen LogP contribution in [0.3, 0.4) is 0 Å². The molecule has 2 N–H and O–H groups in total. The Morgan fingerprint density at radius 3 is 2.17 bits per heavy atom. The maximum Gasteiger partial charge on any atom is 0.418 e. The van der Waals surface area contributed by atoms with Crippen LogP contribution in [0.2, 0.25) is 0 Å². The minimum atomic E-state index is -4.49. The van der Waals surface area contributed by atoms with Gasteiger partial charge in [-0.05, 0) is 32.9 Å². The summed E-state index contributed by atoms with van der Waals surface area (Å²) < 4.78 is 38.8. The molecule has 5 nitrogen and oxygen atoms in total. The molecule has 1 aromatic heterocycles. The van der Waals surface area contributed by atoms with Crippen molar-refractivity contribution in [3.05, 3.63) is 47.8 Å². The molecule has 0 bridgehead atoms. The molecule has 8 heteroatoms. The molecule has 128 valence electrons. The number of carbonyl (C=O) groups excluding carboxylic acids is 1. The molecule has 0 saturated heterocycles. The summed E-state index contributed by atoms with van der Waals surface area (Å²) in [6, 6.07) is 5.03. The molecular formula is C16H17F3N4O. The molecule has 0 aliphatic rings. The largest absolute Gasteiger partial charge is 0.418 e. The lowest BCUT2D eigenvalue weighted by Gasteiger charge is -2.20. The Bertz CT molecular complexity index is 721. The summed E-state index contributed by atoms with van der Waals surface area (Å²) in [5.41, 5.74) is -1.17. The van der Waals surface area contributed by atoms with Crippen molar-refractivity contribution in [2.24, 2.45) is 0 Å². The number of alkyl halides is 3. The Hall–Kier alpha value is -2.64. The van der Waals surface area contributed by atoms with Gasteiger partial charge in [-0.15, -0.1) is 0 Å². The van der Waals surface area contributed by atoms with Crippen molar-refractivity contribution in [1.29, 1.82) is 0 Å². The van der Waals surface area contributed by atoms with Gasteiger partial charge in [-0.2, -0.15) is 13.2 Å². The van der Waals surface area contributed by atoms with E-state index in [0.29, 0.717) is 0 Å². The summed E-state index contributed by atoms with van der Waals surface area (Å²) in [6.07, 6.45) is -1.98. The number of anilines is 2. The minimum Gasteiger partial charge on any atom is -0.347 e. The topological polar surface area (TPSA) is 66.9 Å². The average molecular weight is 338 g/mol. The highest BCUT2D eigenvalue weighted by Crippen LogP contribution is 2.35. The van der Waals surface area contributed by atoms with E-state index in [-0.39, 0.29) is 23.1 Å². The molecule has 0 aliphatic heterocycles. The van der Waals surface area contributed by atoms with Crippen molar-refractivity contribution < 1.29 is 18.0 Å². The highest BCUT2D eigenvalue weighted by atomic mass is 19.4. The molecule has 1 aromatic carbocycles. The summed E-state index contributed by atoms with van der Waals surface area (Å²) in [5.74, 6) is -0.385. The van der Waals surface area contributed by atoms with Gasteiger partial charge >= 0.3 is 6.18 Å². The third kappa shape index (κ3) is 4.68. The van der Waals surface area contributed by atoms with E-state index in [1.54, 1.807) is 0 Å². The Kier molecular flexibility index (Phi) is 4.77. The van der Waals surface area contributed by atoms with Gasteiger partial charge < -0.3 is 10.6 Å². The molecule has 24 heavy (non-hydrogen) atoms. The van der Waals surface area contributed by atoms with Crippen molar-refractivity contribution in [3.63, 3.8) is 0 Å². The first-order valence-electron chi connectivity index (χ1n) is 7.14. The normalized spacial score (nSPS) is 11.9. The molecule has 2 aromatic rings. The zero-order valence-corrected chi connectivity index (χ0v) is 13.4. The second kappa shape index (κ2) is 6.46. The number of rotatable bonds is 3. The van der Waals surface area contributed by atoms with Crippen LogP contribution in [0.1, 0.15) is 36.7 Å². The molecule has 0 spiro atoms. The smallest absolute Gasteiger partial charge is 0.347 e. The number of nitrogens with one attached hydrogen (secondary N) is 2. The number of benzene rings is 1. The summed E-state index contributed by atoms with van der Waals surface area (Å²) in [6.45, 7) is 5.49. The van der Waals surface area contributed by atoms with Gasteiger partial charge in [0, 0.05) is 17.9 Å². The molecule has 0 radical (unpaired) electrons. The van der Waals surface area contributed by atoms with E-state index in [1.807, 2.05) is 20.8 Å². The van der Waals surface area contributed by atoms with Crippen LogP contribution >= 0.6 is 0 Å². The van der Waals surface area contributed by atoms with E-state index in [0.717, 1.165) is 6.07 Å². The fourth-order valence-electron chi connectivity index (χ4n) is 1.88. The van der Waals surface area contributed by atoms with Gasteiger partial charge in [0.1, 0.15) is 0 Å². The van der Waals surface area contributed by atoms with Crippen LogP contribution in [0.15, 0.2) is 36.7 Å². The summed E-state index contributed by atoms with van der Waals surface area (Å²) in [5, 5.41) is 5.27. The molecule has 0 fully saturated rings. The summed E-state index contributed by atoms with van der Waals surface area (Å²) in [4.78, 5) is 19.8. The molecular weight excluding hydrogens is 321 g/mol. The third-order valence-electron chi connectivity index (χ3n) is 2.88. The number of para-hydroxylation sites is 1. The van der Waals surface area contributed by atoms with Gasteiger partial charge in [-0.1, -0.05) is 12.1 Å². The van der Waals surface area contributed by atoms with E-state index in [2.05, 4.69) is 20.6 Å². The predicted octanol–water partition coefficient (Wildman–Crippen LogP) is 3.77. The van der Waals surface area contributed by atoms with Gasteiger partial charge in [0.25, 0.3) is 5.91 Å². The number of hydrogen-bond donors (Lipinski definition) is 2. The SMILES string of the molecule is CC(C)(C)NC(=O)c1cnc(Nc2ccccc2C(F)(F)F)nc1. The quantitative estimate of drug-likeness (QED) is 0.894. The zero-order chi connectivity index (χ0) is 18.0. The molecule has 2 rings (SSSR count). The first kappa shape index (κ1) is 17.7. The molecule has 1 heterocycles. The number of aromatic nitrogens is 2. The lowest BCUT2D eigenvalue weighted by Crippen LogP contribution is -2.40. The number of hydrogen-bond acceptors (Lipinski definition) is 4. The van der Waals surface area contributed by atoms with E-state index < -0.39 is 17.3 Å². The lowest BCUT2D eigenvalue weighted by atomic mass is 10.1. The Morgan fingerprint density at radius 1 is 1.04 bits per heavy atom. The van der Waals surface area contributed by atoms with Crippen LogP contribution in [-0.2, 0) is 6.18 Å². The van der Waals surface area contributed by atoms with Crippen LogP contribution in [-0.4, -0.2) is 21.4 Å². The molecule has 0 aliphatic carbocycles. The predicted molar refractivity (Wildman–Crippen MR) is 84.0 cm³/mol. The first-order chi connectivity index (χ1) is 11.1. The third-order valence-corrected chi connectivity index (χ3v) is 2.88. The Labute approximate surface area is 137 Å². The van der Waals surface area contributed by atoms with Crippen molar-refractivity contribution >= 4 is 17.5 Å². The van der Waals surface area contributed by atoms with E-state index >= 15 is 0 Å². The van der Waals surface area contributed by atoms with Crippen molar-refractivity contribution in [2.75, 3.05) is 5.32 Å². The van der Waals surface area contributed by atoms with Crippen LogP contribution in [0.4, 0.5) is 24.8 Å². The monoisotopic (exact) mass is 338 g/mol. The van der Waals surface area contributed by atoms with Crippen molar-refractivity contribution in [1.82, 2.24) is 15.3 Å². The Balaban J connectivity index is 2.17. The summed E-state index contributed by atoms with van der Waals surface area (Å²) >= 11 is 0. The highest BCUT2D eigenvalue weighted by Gasteiger charge is 2.33. The van der Waals surface area contributed by atoms with Gasteiger partial charge in [-0.3, -0.25) is 4.79 Å². The second-order valence-electron chi connectivity index (χ2n) is 6.17. The Morgan fingerprint density at radius 2 is 1.62 bits per heavy atom. The van der Waals surface area contributed by atoms with Gasteiger partial charge in [0.05, 0.1) is 16.8 Å². The maximum atomic E-state index is 12.9. The van der Waals surface area contributed by atoms with E-state index in [1.165, 1.54) is 30.6 Å².